The number of aliphatic hydroxyl groups is 1. The first kappa shape index (κ1) is 19.2. The third kappa shape index (κ3) is 7.29. The highest BCUT2D eigenvalue weighted by Gasteiger charge is 2.22. The fourth-order valence-corrected chi connectivity index (χ4v) is 3.75. The molecule has 5 heteroatoms. The number of β-amino-alcohol motifs (C(OH)–C–C–N with tert-alkyl or cyclic N) is 1. The van der Waals surface area contributed by atoms with Crippen molar-refractivity contribution in [1.29, 1.82) is 0 Å². The third-order valence-corrected chi connectivity index (χ3v) is 4.83. The van der Waals surface area contributed by atoms with Crippen LogP contribution in [-0.4, -0.2) is 73.9 Å². The highest BCUT2D eigenvalue weighted by atomic mass is 35.5. The molecule has 0 amide bonds. The standard InChI is InChI=1S/C16H33N3O.ClH/c1-14(20)11-19-9-5-16(6-10-19)13-18(2)12-15-3-7-17-8-4-15;/h14-17,20H,3-13H2,1-2H3;1H. The number of piperidine rings is 2. The van der Waals surface area contributed by atoms with Crippen LogP contribution in [0.3, 0.4) is 0 Å². The first-order chi connectivity index (χ1) is 9.63. The van der Waals surface area contributed by atoms with Gasteiger partial charge in [-0.25, -0.2) is 0 Å². The average molecular weight is 320 g/mol. The molecular weight excluding hydrogens is 286 g/mol. The Bertz CT molecular complexity index is 264. The second-order valence-corrected chi connectivity index (χ2v) is 7.01. The number of likely N-dealkylation sites (tertiary alicyclic amines) is 1. The summed E-state index contributed by atoms with van der Waals surface area (Å²) in [7, 11) is 2.30. The van der Waals surface area contributed by atoms with Crippen molar-refractivity contribution in [2.75, 3.05) is 52.9 Å². The van der Waals surface area contributed by atoms with Gasteiger partial charge in [-0.1, -0.05) is 0 Å². The molecule has 2 saturated heterocycles. The lowest BCUT2D eigenvalue weighted by Gasteiger charge is -2.35. The zero-order chi connectivity index (χ0) is 14.4. The summed E-state index contributed by atoms with van der Waals surface area (Å²) < 4.78 is 0. The normalized spacial score (nSPS) is 24.0. The molecule has 2 heterocycles. The van der Waals surface area contributed by atoms with E-state index in [-0.39, 0.29) is 18.5 Å². The van der Waals surface area contributed by atoms with E-state index in [1.807, 2.05) is 6.92 Å². The van der Waals surface area contributed by atoms with E-state index in [1.165, 1.54) is 51.9 Å². The second-order valence-electron chi connectivity index (χ2n) is 7.01. The lowest BCUT2D eigenvalue weighted by molar-refractivity contribution is 0.0901. The number of hydrogen-bond donors (Lipinski definition) is 2. The summed E-state index contributed by atoms with van der Waals surface area (Å²) in [5, 5.41) is 12.9. The maximum Gasteiger partial charge on any atom is 0.0639 e. The molecule has 1 atom stereocenters. The van der Waals surface area contributed by atoms with E-state index in [2.05, 4.69) is 22.2 Å². The van der Waals surface area contributed by atoms with Gasteiger partial charge in [0, 0.05) is 19.6 Å². The predicted molar refractivity (Wildman–Crippen MR) is 91.2 cm³/mol. The van der Waals surface area contributed by atoms with E-state index >= 15 is 0 Å². The van der Waals surface area contributed by atoms with Gasteiger partial charge in [-0.05, 0) is 77.7 Å². The van der Waals surface area contributed by atoms with Gasteiger partial charge in [0.1, 0.15) is 0 Å². The maximum atomic E-state index is 9.44. The van der Waals surface area contributed by atoms with Crippen LogP contribution in [0.5, 0.6) is 0 Å². The zero-order valence-corrected chi connectivity index (χ0v) is 14.6. The van der Waals surface area contributed by atoms with E-state index in [4.69, 9.17) is 0 Å². The van der Waals surface area contributed by atoms with Gasteiger partial charge in [-0.2, -0.15) is 0 Å². The van der Waals surface area contributed by atoms with Gasteiger partial charge in [-0.15, -0.1) is 12.4 Å². The van der Waals surface area contributed by atoms with Crippen LogP contribution in [0.1, 0.15) is 32.6 Å². The van der Waals surface area contributed by atoms with Gasteiger partial charge >= 0.3 is 0 Å². The highest BCUT2D eigenvalue weighted by molar-refractivity contribution is 5.85. The van der Waals surface area contributed by atoms with Crippen molar-refractivity contribution < 1.29 is 5.11 Å². The Morgan fingerprint density at radius 2 is 1.62 bits per heavy atom. The smallest absolute Gasteiger partial charge is 0.0639 e. The van der Waals surface area contributed by atoms with Crippen LogP contribution < -0.4 is 5.32 Å². The monoisotopic (exact) mass is 319 g/mol. The first-order valence-electron chi connectivity index (χ1n) is 8.43. The van der Waals surface area contributed by atoms with E-state index in [0.717, 1.165) is 31.5 Å². The third-order valence-electron chi connectivity index (χ3n) is 4.83. The molecule has 0 radical (unpaired) electrons. The van der Waals surface area contributed by atoms with Gasteiger partial charge in [-0.3, -0.25) is 0 Å². The van der Waals surface area contributed by atoms with Crippen LogP contribution in [0, 0.1) is 11.8 Å². The zero-order valence-electron chi connectivity index (χ0n) is 13.8. The van der Waals surface area contributed by atoms with Crippen molar-refractivity contribution in [1.82, 2.24) is 15.1 Å². The lowest BCUT2D eigenvalue weighted by atomic mass is 9.94. The van der Waals surface area contributed by atoms with Gasteiger partial charge in [0.25, 0.3) is 0 Å². The summed E-state index contributed by atoms with van der Waals surface area (Å²) >= 11 is 0. The molecule has 0 aromatic heterocycles. The number of halogens is 1. The quantitative estimate of drug-likeness (QED) is 0.777. The number of nitrogens with zero attached hydrogens (tertiary/aromatic N) is 2. The molecule has 0 aliphatic carbocycles. The molecule has 0 aromatic carbocycles. The summed E-state index contributed by atoms with van der Waals surface area (Å²) in [4.78, 5) is 4.97. The molecule has 0 bridgehead atoms. The van der Waals surface area contributed by atoms with Crippen molar-refractivity contribution in [3.8, 4) is 0 Å². The molecule has 0 saturated carbocycles. The summed E-state index contributed by atoms with van der Waals surface area (Å²) in [6.07, 6.45) is 5.09. The molecule has 1 unspecified atom stereocenters. The first-order valence-corrected chi connectivity index (χ1v) is 8.43. The Balaban J connectivity index is 0.00000220. The molecular formula is C16H34ClN3O. The fourth-order valence-electron chi connectivity index (χ4n) is 3.75. The van der Waals surface area contributed by atoms with Gasteiger partial charge in [0.2, 0.25) is 0 Å². The Morgan fingerprint density at radius 3 is 2.14 bits per heavy atom. The second kappa shape index (κ2) is 10.0. The summed E-state index contributed by atoms with van der Waals surface area (Å²) in [6.45, 7) is 10.00. The van der Waals surface area contributed by atoms with E-state index < -0.39 is 0 Å². The van der Waals surface area contributed by atoms with E-state index in [9.17, 15) is 5.11 Å². The highest BCUT2D eigenvalue weighted by Crippen LogP contribution is 2.20. The predicted octanol–water partition coefficient (Wildman–Crippen LogP) is 1.43. The number of rotatable bonds is 6. The molecule has 0 aromatic rings. The maximum absolute atomic E-state index is 9.44. The van der Waals surface area contributed by atoms with Crippen molar-refractivity contribution >= 4 is 12.4 Å². The molecule has 2 rings (SSSR count). The number of hydrogen-bond acceptors (Lipinski definition) is 4. The SMILES string of the molecule is CC(O)CN1CCC(CN(C)CC2CCNCC2)CC1.Cl. The van der Waals surface area contributed by atoms with Crippen LogP contribution in [0.2, 0.25) is 0 Å². The van der Waals surface area contributed by atoms with E-state index in [0.29, 0.717) is 0 Å². The average Bonchev–Trinajstić information content (AvgIpc) is 2.41. The minimum Gasteiger partial charge on any atom is -0.392 e. The minimum absolute atomic E-state index is 0. The van der Waals surface area contributed by atoms with Crippen molar-refractivity contribution in [3.63, 3.8) is 0 Å². The molecule has 126 valence electrons. The summed E-state index contributed by atoms with van der Waals surface area (Å²) in [5.74, 6) is 1.75. The largest absolute Gasteiger partial charge is 0.392 e. The molecule has 2 fully saturated rings. The molecule has 2 aliphatic heterocycles. The van der Waals surface area contributed by atoms with Gasteiger partial charge in [0.15, 0.2) is 0 Å². The fraction of sp³-hybridized carbons (Fsp3) is 1.00. The molecule has 0 spiro atoms. The lowest BCUT2D eigenvalue weighted by Crippen LogP contribution is -2.42. The van der Waals surface area contributed by atoms with Gasteiger partial charge < -0.3 is 20.2 Å². The van der Waals surface area contributed by atoms with Crippen LogP contribution in [-0.2, 0) is 0 Å². The Hall–Kier alpha value is 0.130. The summed E-state index contributed by atoms with van der Waals surface area (Å²) in [6, 6.07) is 0. The van der Waals surface area contributed by atoms with Crippen LogP contribution in [0.25, 0.3) is 0 Å². The molecule has 4 nitrogen and oxygen atoms in total. The molecule has 2 N–H and O–H groups in total. The minimum atomic E-state index is -0.186. The number of aliphatic hydroxyl groups excluding tert-OH is 1. The Labute approximate surface area is 136 Å². The van der Waals surface area contributed by atoms with Crippen LogP contribution in [0.4, 0.5) is 0 Å². The summed E-state index contributed by atoms with van der Waals surface area (Å²) in [5.41, 5.74) is 0. The Kier molecular flexibility index (Phi) is 9.14. The van der Waals surface area contributed by atoms with Crippen molar-refractivity contribution in [3.05, 3.63) is 0 Å². The van der Waals surface area contributed by atoms with E-state index in [1.54, 1.807) is 0 Å². The molecule has 21 heavy (non-hydrogen) atoms. The Morgan fingerprint density at radius 1 is 1.10 bits per heavy atom. The van der Waals surface area contributed by atoms with Crippen molar-refractivity contribution in [2.24, 2.45) is 11.8 Å². The van der Waals surface area contributed by atoms with Crippen LogP contribution in [0.15, 0.2) is 0 Å². The topological polar surface area (TPSA) is 38.7 Å². The van der Waals surface area contributed by atoms with Crippen LogP contribution >= 0.6 is 12.4 Å². The van der Waals surface area contributed by atoms with Crippen molar-refractivity contribution in [2.45, 2.75) is 38.7 Å². The van der Waals surface area contributed by atoms with Gasteiger partial charge in [0.05, 0.1) is 6.10 Å². The number of nitrogens with one attached hydrogen (secondary N) is 1. The molecule has 2 aliphatic rings.